The Morgan fingerprint density at radius 2 is 2.03 bits per heavy atom. The summed E-state index contributed by atoms with van der Waals surface area (Å²) in [5.74, 6) is -0.976. The average molecular weight is 486 g/mol. The van der Waals surface area contributed by atoms with Crippen molar-refractivity contribution in [2.45, 2.75) is 57.6 Å². The number of rotatable bonds is 9. The molecule has 0 radical (unpaired) electrons. The Kier molecular flexibility index (Phi) is 8.86. The Labute approximate surface area is 206 Å². The molecule has 0 aromatic heterocycles. The molecule has 2 unspecified atom stereocenters. The first-order valence-corrected chi connectivity index (χ1v) is 12.3. The number of aliphatic hydroxyl groups is 1. The topological polar surface area (TPSA) is 116 Å². The quantitative estimate of drug-likeness (QED) is 0.403. The maximum Gasteiger partial charge on any atom is 0.404 e. The number of carboxylic acid groups (broad SMARTS) is 1. The number of aryl methyl sites for hydroxylation is 1. The van der Waals surface area contributed by atoms with E-state index in [1.54, 1.807) is 24.0 Å². The van der Waals surface area contributed by atoms with Crippen LogP contribution < -0.4 is 11.1 Å². The van der Waals surface area contributed by atoms with Gasteiger partial charge in [-0.2, -0.15) is 0 Å². The predicted molar refractivity (Wildman–Crippen MR) is 133 cm³/mol. The van der Waals surface area contributed by atoms with Gasteiger partial charge in [-0.3, -0.25) is 4.79 Å². The number of nitrogens with zero attached hydrogens (tertiary/aromatic N) is 1. The summed E-state index contributed by atoms with van der Waals surface area (Å²) in [5.41, 5.74) is 6.90. The number of halogens is 1. The number of carbonyl (C=O) groups excluding carboxylic acids is 1. The molecule has 1 aliphatic rings. The van der Waals surface area contributed by atoms with Gasteiger partial charge in [0.05, 0.1) is 11.6 Å². The third-order valence-electron chi connectivity index (χ3n) is 6.91. The van der Waals surface area contributed by atoms with Crippen LogP contribution in [0.25, 0.3) is 11.1 Å². The van der Waals surface area contributed by atoms with Gasteiger partial charge in [0.25, 0.3) is 0 Å². The van der Waals surface area contributed by atoms with Crippen LogP contribution in [0.15, 0.2) is 42.5 Å². The number of benzene rings is 2. The molecule has 0 saturated carbocycles. The molecule has 8 heteroatoms. The Morgan fingerprint density at radius 3 is 2.71 bits per heavy atom. The molecule has 1 fully saturated rings. The molecule has 0 aliphatic carbocycles. The van der Waals surface area contributed by atoms with E-state index in [9.17, 15) is 14.7 Å². The lowest BCUT2D eigenvalue weighted by Gasteiger charge is -2.44. The summed E-state index contributed by atoms with van der Waals surface area (Å²) in [6.07, 6.45) is 1.56. The molecule has 3 atom stereocenters. The van der Waals surface area contributed by atoms with Gasteiger partial charge in [-0.25, -0.2) is 9.18 Å². The van der Waals surface area contributed by atoms with Crippen molar-refractivity contribution in [3.05, 3.63) is 59.4 Å². The first-order valence-electron chi connectivity index (χ1n) is 12.3. The Balaban J connectivity index is 2.06. The van der Waals surface area contributed by atoms with E-state index in [4.69, 9.17) is 10.8 Å². The third kappa shape index (κ3) is 6.18. The second-order valence-electron chi connectivity index (χ2n) is 9.39. The lowest BCUT2D eigenvalue weighted by Crippen LogP contribution is -2.51. The second-order valence-corrected chi connectivity index (χ2v) is 9.39. The molecule has 1 saturated heterocycles. The molecule has 5 N–H and O–H groups in total. The van der Waals surface area contributed by atoms with Gasteiger partial charge < -0.3 is 26.2 Å². The van der Waals surface area contributed by atoms with Crippen molar-refractivity contribution in [1.82, 2.24) is 10.2 Å². The third-order valence-corrected chi connectivity index (χ3v) is 6.91. The van der Waals surface area contributed by atoms with Crippen LogP contribution >= 0.6 is 0 Å². The maximum atomic E-state index is 15.4. The number of piperidine rings is 1. The summed E-state index contributed by atoms with van der Waals surface area (Å²) in [4.78, 5) is 25.3. The zero-order chi connectivity index (χ0) is 25.6. The average Bonchev–Trinajstić information content (AvgIpc) is 2.85. The van der Waals surface area contributed by atoms with Gasteiger partial charge in [-0.05, 0) is 61.8 Å². The highest BCUT2D eigenvalue weighted by molar-refractivity contribution is 5.81. The largest absolute Gasteiger partial charge is 0.465 e. The molecule has 1 heterocycles. The number of nitrogens with one attached hydrogen (secondary N) is 1. The van der Waals surface area contributed by atoms with Crippen molar-refractivity contribution >= 4 is 12.0 Å². The fourth-order valence-corrected chi connectivity index (χ4v) is 5.09. The van der Waals surface area contributed by atoms with E-state index in [2.05, 4.69) is 5.32 Å². The Hall–Kier alpha value is -2.97. The van der Waals surface area contributed by atoms with Gasteiger partial charge in [0, 0.05) is 31.1 Å². The lowest BCUT2D eigenvalue weighted by molar-refractivity contribution is -0.137. The van der Waals surface area contributed by atoms with E-state index in [0.29, 0.717) is 49.0 Å². The molecule has 1 aliphatic heterocycles. The number of likely N-dealkylation sites (tertiary alicyclic amines) is 1. The van der Waals surface area contributed by atoms with Crippen LogP contribution in [0, 0.1) is 11.7 Å². The first kappa shape index (κ1) is 26.6. The van der Waals surface area contributed by atoms with Gasteiger partial charge >= 0.3 is 6.09 Å². The highest BCUT2D eigenvalue weighted by Crippen LogP contribution is 2.44. The van der Waals surface area contributed by atoms with Gasteiger partial charge in [-0.1, -0.05) is 43.3 Å². The normalized spacial score (nSPS) is 18.5. The van der Waals surface area contributed by atoms with Crippen molar-refractivity contribution in [2.24, 2.45) is 11.7 Å². The van der Waals surface area contributed by atoms with E-state index in [1.165, 1.54) is 6.07 Å². The molecule has 7 nitrogen and oxygen atoms in total. The SMILES string of the molecule is CCc1cccc(-c2c(F)cccc2C(O)(CCCNC(=O)O)C2CCCN(C(=O)[C@H](C)N)C2)c1. The molecule has 190 valence electrons. The fourth-order valence-electron chi connectivity index (χ4n) is 5.09. The van der Waals surface area contributed by atoms with Crippen molar-refractivity contribution in [3.63, 3.8) is 0 Å². The van der Waals surface area contributed by atoms with Crippen LogP contribution in [0.2, 0.25) is 0 Å². The molecule has 0 spiro atoms. The molecule has 0 bridgehead atoms. The zero-order valence-electron chi connectivity index (χ0n) is 20.5. The minimum absolute atomic E-state index is 0.156. The molecule has 2 aromatic carbocycles. The summed E-state index contributed by atoms with van der Waals surface area (Å²) < 4.78 is 15.4. The molecule has 3 rings (SSSR count). The highest BCUT2D eigenvalue weighted by atomic mass is 19.1. The minimum atomic E-state index is -1.48. The summed E-state index contributed by atoms with van der Waals surface area (Å²) in [6, 6.07) is 11.7. The molecule has 2 aromatic rings. The zero-order valence-corrected chi connectivity index (χ0v) is 20.5. The van der Waals surface area contributed by atoms with E-state index in [-0.39, 0.29) is 24.8 Å². The van der Waals surface area contributed by atoms with Crippen LogP contribution in [0.5, 0.6) is 0 Å². The van der Waals surface area contributed by atoms with Gasteiger partial charge in [0.15, 0.2) is 0 Å². The molecule has 35 heavy (non-hydrogen) atoms. The summed E-state index contributed by atoms with van der Waals surface area (Å²) >= 11 is 0. The van der Waals surface area contributed by atoms with Crippen molar-refractivity contribution in [1.29, 1.82) is 0 Å². The first-order chi connectivity index (χ1) is 16.7. The minimum Gasteiger partial charge on any atom is -0.465 e. The van der Waals surface area contributed by atoms with Crippen LogP contribution in [0.1, 0.15) is 50.7 Å². The van der Waals surface area contributed by atoms with E-state index >= 15 is 4.39 Å². The number of nitrogens with two attached hydrogens (primary N) is 1. The van der Waals surface area contributed by atoms with Crippen LogP contribution in [-0.2, 0) is 16.8 Å². The number of amides is 2. The van der Waals surface area contributed by atoms with Gasteiger partial charge in [0.1, 0.15) is 5.82 Å². The lowest BCUT2D eigenvalue weighted by atomic mass is 9.72. The van der Waals surface area contributed by atoms with E-state index in [1.807, 2.05) is 31.2 Å². The van der Waals surface area contributed by atoms with Crippen LogP contribution in [0.3, 0.4) is 0 Å². The Bertz CT molecular complexity index is 1040. The summed E-state index contributed by atoms with van der Waals surface area (Å²) in [7, 11) is 0. The Morgan fingerprint density at radius 1 is 1.29 bits per heavy atom. The maximum absolute atomic E-state index is 15.4. The predicted octanol–water partition coefficient (Wildman–Crippen LogP) is 3.88. The van der Waals surface area contributed by atoms with E-state index < -0.39 is 23.6 Å². The molecule has 2 amide bonds. The molecular weight excluding hydrogens is 449 g/mol. The van der Waals surface area contributed by atoms with Crippen LogP contribution in [0.4, 0.5) is 9.18 Å². The second kappa shape index (κ2) is 11.6. The summed E-state index contributed by atoms with van der Waals surface area (Å²) in [5, 5.41) is 23.6. The van der Waals surface area contributed by atoms with Gasteiger partial charge in [-0.15, -0.1) is 0 Å². The number of hydrogen-bond acceptors (Lipinski definition) is 4. The van der Waals surface area contributed by atoms with Gasteiger partial charge in [0.2, 0.25) is 5.91 Å². The highest BCUT2D eigenvalue weighted by Gasteiger charge is 2.43. The smallest absolute Gasteiger partial charge is 0.404 e. The summed E-state index contributed by atoms with van der Waals surface area (Å²) in [6.45, 7) is 4.68. The van der Waals surface area contributed by atoms with Crippen molar-refractivity contribution in [3.8, 4) is 11.1 Å². The standard InChI is InChI=1S/C27H36FN3O4/c1-3-19-8-4-9-20(16-19)24-22(11-5-12-23(24)28)27(35,13-7-14-30-26(33)34)21-10-6-15-31(17-21)25(32)18(2)29/h4-5,8-9,11-12,16,18,21,30,35H,3,6-7,10,13-15,17,29H2,1-2H3,(H,33,34)/t18-,21?,27?/m0/s1. The number of carbonyl (C=O) groups is 2. The fraction of sp³-hybridized carbons (Fsp3) is 0.481. The van der Waals surface area contributed by atoms with Crippen LogP contribution in [-0.4, -0.2) is 52.8 Å². The number of hydrogen-bond donors (Lipinski definition) is 4. The van der Waals surface area contributed by atoms with Crippen molar-refractivity contribution in [2.75, 3.05) is 19.6 Å². The molecular formula is C27H36FN3O4. The van der Waals surface area contributed by atoms with E-state index in [0.717, 1.165) is 12.0 Å². The monoisotopic (exact) mass is 485 g/mol. The van der Waals surface area contributed by atoms with Crippen molar-refractivity contribution < 1.29 is 24.2 Å².